The van der Waals surface area contributed by atoms with Gasteiger partial charge in [-0.25, -0.2) is 17.5 Å². The van der Waals surface area contributed by atoms with E-state index in [1.165, 1.54) is 6.07 Å². The van der Waals surface area contributed by atoms with Gasteiger partial charge in [-0.05, 0) is 48.7 Å². The molecule has 1 aliphatic carbocycles. The number of nitriles is 1. The molecular weight excluding hydrogens is 357 g/mol. The van der Waals surface area contributed by atoms with Gasteiger partial charge < -0.3 is 5.32 Å². The summed E-state index contributed by atoms with van der Waals surface area (Å²) in [4.78, 5) is 11.8. The standard InChI is InChI=1S/C18H16FN3O3S/c19-16-8-3-13(11-17(16)26(24,25)22-15-6-7-15)18(23)21-14-4-1-12(2-5-14)9-10-20/h1-5,8,11,15,22H,6-7,9H2,(H,21,23). The number of sulfonamides is 1. The fourth-order valence-electron chi connectivity index (χ4n) is 2.34. The first-order valence-electron chi connectivity index (χ1n) is 7.98. The summed E-state index contributed by atoms with van der Waals surface area (Å²) in [5.74, 6) is -1.46. The highest BCUT2D eigenvalue weighted by Gasteiger charge is 2.30. The van der Waals surface area contributed by atoms with E-state index >= 15 is 0 Å². The monoisotopic (exact) mass is 373 g/mol. The first-order chi connectivity index (χ1) is 12.4. The Labute approximate surface area is 150 Å². The van der Waals surface area contributed by atoms with Crippen molar-refractivity contribution in [3.05, 3.63) is 59.4 Å². The average Bonchev–Trinajstić information content (AvgIpc) is 3.40. The molecule has 0 atom stereocenters. The molecular formula is C18H16FN3O3S. The number of nitrogens with one attached hydrogen (secondary N) is 2. The second-order valence-corrected chi connectivity index (χ2v) is 7.71. The summed E-state index contributed by atoms with van der Waals surface area (Å²) in [5, 5.41) is 11.3. The van der Waals surface area contributed by atoms with Crippen molar-refractivity contribution in [1.82, 2.24) is 4.72 Å². The lowest BCUT2D eigenvalue weighted by Gasteiger charge is -2.10. The molecule has 0 heterocycles. The molecule has 26 heavy (non-hydrogen) atoms. The molecule has 2 aromatic rings. The van der Waals surface area contributed by atoms with Gasteiger partial charge in [0.2, 0.25) is 10.0 Å². The van der Waals surface area contributed by atoms with Crippen LogP contribution in [0, 0.1) is 17.1 Å². The van der Waals surface area contributed by atoms with Crippen molar-refractivity contribution in [3.63, 3.8) is 0 Å². The van der Waals surface area contributed by atoms with Crippen molar-refractivity contribution < 1.29 is 17.6 Å². The number of halogens is 1. The van der Waals surface area contributed by atoms with Gasteiger partial charge in [0.05, 0.1) is 12.5 Å². The number of hydrogen-bond acceptors (Lipinski definition) is 4. The van der Waals surface area contributed by atoms with Crippen molar-refractivity contribution in [1.29, 1.82) is 5.26 Å². The Morgan fingerprint density at radius 1 is 1.19 bits per heavy atom. The number of nitrogens with zero attached hydrogens (tertiary/aromatic N) is 1. The van der Waals surface area contributed by atoms with Crippen molar-refractivity contribution in [3.8, 4) is 6.07 Å². The fourth-order valence-corrected chi connectivity index (χ4v) is 3.74. The summed E-state index contributed by atoms with van der Waals surface area (Å²) < 4.78 is 40.8. The minimum Gasteiger partial charge on any atom is -0.322 e. The van der Waals surface area contributed by atoms with E-state index in [2.05, 4.69) is 10.0 Å². The van der Waals surface area contributed by atoms with Gasteiger partial charge in [-0.15, -0.1) is 0 Å². The van der Waals surface area contributed by atoms with Crippen LogP contribution in [0.3, 0.4) is 0 Å². The van der Waals surface area contributed by atoms with Gasteiger partial charge >= 0.3 is 0 Å². The summed E-state index contributed by atoms with van der Waals surface area (Å²) in [6.07, 6.45) is 1.72. The third kappa shape index (κ3) is 4.25. The zero-order valence-corrected chi connectivity index (χ0v) is 14.5. The molecule has 0 saturated heterocycles. The van der Waals surface area contributed by atoms with E-state index in [1.807, 2.05) is 6.07 Å². The lowest BCUT2D eigenvalue weighted by molar-refractivity contribution is 0.102. The number of carbonyl (C=O) groups excluding carboxylic acids is 1. The Balaban J connectivity index is 1.79. The molecule has 3 rings (SSSR count). The third-order valence-electron chi connectivity index (χ3n) is 3.88. The van der Waals surface area contributed by atoms with Gasteiger partial charge in [-0.1, -0.05) is 12.1 Å². The minimum absolute atomic E-state index is 0.0312. The number of benzene rings is 2. The molecule has 2 aromatic carbocycles. The van der Waals surface area contributed by atoms with Gasteiger partial charge in [0.1, 0.15) is 10.7 Å². The smallest absolute Gasteiger partial charge is 0.255 e. The normalized spacial score (nSPS) is 13.8. The van der Waals surface area contributed by atoms with E-state index in [1.54, 1.807) is 24.3 Å². The maximum Gasteiger partial charge on any atom is 0.255 e. The molecule has 0 unspecified atom stereocenters. The second-order valence-electron chi connectivity index (χ2n) is 6.03. The van der Waals surface area contributed by atoms with Crippen LogP contribution >= 0.6 is 0 Å². The van der Waals surface area contributed by atoms with Crippen molar-refractivity contribution in [2.45, 2.75) is 30.2 Å². The summed E-state index contributed by atoms with van der Waals surface area (Å²) >= 11 is 0. The van der Waals surface area contributed by atoms with E-state index in [4.69, 9.17) is 5.26 Å². The zero-order chi connectivity index (χ0) is 18.7. The zero-order valence-electron chi connectivity index (χ0n) is 13.7. The molecule has 0 aliphatic heterocycles. The van der Waals surface area contributed by atoms with Crippen LogP contribution in [0.5, 0.6) is 0 Å². The molecule has 134 valence electrons. The van der Waals surface area contributed by atoms with Crippen LogP contribution < -0.4 is 10.0 Å². The molecule has 0 bridgehead atoms. The summed E-state index contributed by atoms with van der Waals surface area (Å²) in [6, 6.07) is 11.8. The Hall–Kier alpha value is -2.76. The molecule has 8 heteroatoms. The van der Waals surface area contributed by atoms with Gasteiger partial charge in [0.15, 0.2) is 0 Å². The lowest BCUT2D eigenvalue weighted by atomic mass is 10.1. The van der Waals surface area contributed by atoms with E-state index in [0.29, 0.717) is 5.69 Å². The SMILES string of the molecule is N#CCc1ccc(NC(=O)c2ccc(F)c(S(=O)(=O)NC3CC3)c2)cc1. The minimum atomic E-state index is -4.00. The molecule has 2 N–H and O–H groups in total. The van der Waals surface area contributed by atoms with Gasteiger partial charge in [-0.2, -0.15) is 5.26 Å². The maximum absolute atomic E-state index is 14.0. The van der Waals surface area contributed by atoms with Gasteiger partial charge in [0, 0.05) is 17.3 Å². The van der Waals surface area contributed by atoms with Crippen LogP contribution in [-0.2, 0) is 16.4 Å². The van der Waals surface area contributed by atoms with Crippen molar-refractivity contribution in [2.24, 2.45) is 0 Å². The Morgan fingerprint density at radius 3 is 2.50 bits per heavy atom. The predicted octanol–water partition coefficient (Wildman–Crippen LogP) is 2.58. The van der Waals surface area contributed by atoms with E-state index in [0.717, 1.165) is 30.5 Å². The van der Waals surface area contributed by atoms with Crippen LogP contribution in [0.1, 0.15) is 28.8 Å². The summed E-state index contributed by atoms with van der Waals surface area (Å²) in [5.41, 5.74) is 1.33. The molecule has 1 amide bonds. The molecule has 1 fully saturated rings. The number of amides is 1. The maximum atomic E-state index is 14.0. The van der Waals surface area contributed by atoms with E-state index in [9.17, 15) is 17.6 Å². The average molecular weight is 373 g/mol. The highest BCUT2D eigenvalue weighted by atomic mass is 32.2. The predicted molar refractivity (Wildman–Crippen MR) is 93.5 cm³/mol. The fraction of sp³-hybridized carbons (Fsp3) is 0.222. The molecule has 1 aliphatic rings. The van der Waals surface area contributed by atoms with E-state index in [-0.39, 0.29) is 18.0 Å². The Kier molecular flexibility index (Phi) is 5.02. The number of rotatable bonds is 6. The topological polar surface area (TPSA) is 99.1 Å². The van der Waals surface area contributed by atoms with Crippen LogP contribution in [0.25, 0.3) is 0 Å². The lowest BCUT2D eigenvalue weighted by Crippen LogP contribution is -2.27. The molecule has 0 spiro atoms. The van der Waals surface area contributed by atoms with Gasteiger partial charge in [0.25, 0.3) is 5.91 Å². The van der Waals surface area contributed by atoms with Crippen LogP contribution in [0.2, 0.25) is 0 Å². The molecule has 1 saturated carbocycles. The largest absolute Gasteiger partial charge is 0.322 e. The van der Waals surface area contributed by atoms with Crippen molar-refractivity contribution in [2.75, 3.05) is 5.32 Å². The third-order valence-corrected chi connectivity index (χ3v) is 5.41. The molecule has 0 radical (unpaired) electrons. The van der Waals surface area contributed by atoms with Crippen molar-refractivity contribution >= 4 is 21.6 Å². The van der Waals surface area contributed by atoms with Gasteiger partial charge in [-0.3, -0.25) is 4.79 Å². The van der Waals surface area contributed by atoms with Crippen LogP contribution in [-0.4, -0.2) is 20.4 Å². The van der Waals surface area contributed by atoms with Crippen LogP contribution in [0.4, 0.5) is 10.1 Å². The number of anilines is 1. The Bertz CT molecular complexity index is 978. The molecule has 0 aromatic heterocycles. The quantitative estimate of drug-likeness (QED) is 0.813. The Morgan fingerprint density at radius 2 is 1.88 bits per heavy atom. The summed E-state index contributed by atoms with van der Waals surface area (Å²) in [6.45, 7) is 0. The highest BCUT2D eigenvalue weighted by Crippen LogP contribution is 2.24. The highest BCUT2D eigenvalue weighted by molar-refractivity contribution is 7.89. The first kappa shape index (κ1) is 18.0. The van der Waals surface area contributed by atoms with Crippen LogP contribution in [0.15, 0.2) is 47.4 Å². The second kappa shape index (κ2) is 7.23. The number of carbonyl (C=O) groups is 1. The first-order valence-corrected chi connectivity index (χ1v) is 9.46. The number of hydrogen-bond donors (Lipinski definition) is 2. The van der Waals surface area contributed by atoms with E-state index < -0.39 is 26.6 Å². The molecule has 6 nitrogen and oxygen atoms in total. The summed E-state index contributed by atoms with van der Waals surface area (Å²) in [7, 11) is -4.00.